The zero-order chi connectivity index (χ0) is 21.3. The van der Waals surface area contributed by atoms with Crippen molar-refractivity contribution in [1.29, 1.82) is 0 Å². The molecule has 0 aliphatic heterocycles. The molecule has 158 valence electrons. The molecule has 6 nitrogen and oxygen atoms in total. The van der Waals surface area contributed by atoms with Gasteiger partial charge < -0.3 is 20.5 Å². The van der Waals surface area contributed by atoms with Crippen LogP contribution < -0.4 is 20.5 Å². The first-order chi connectivity index (χ1) is 14.5. The molecule has 7 heteroatoms. The maximum atomic E-state index is 12.2. The van der Waals surface area contributed by atoms with E-state index in [-0.39, 0.29) is 12.5 Å². The zero-order valence-corrected chi connectivity index (χ0v) is 17.7. The SMILES string of the molecule is COc1cc(/C=C/C(=O)Nc2ccc(SC3CCCC3)cc2)ccc1OCC(N)=O. The van der Waals surface area contributed by atoms with E-state index in [0.29, 0.717) is 11.5 Å². The number of carbonyl (C=O) groups excluding carboxylic acids is 2. The number of methoxy groups -OCH3 is 1. The molecule has 0 atom stereocenters. The minimum Gasteiger partial charge on any atom is -0.493 e. The summed E-state index contributed by atoms with van der Waals surface area (Å²) in [5.41, 5.74) is 6.61. The van der Waals surface area contributed by atoms with Crippen LogP contribution in [0, 0.1) is 0 Å². The number of thioether (sulfide) groups is 1. The van der Waals surface area contributed by atoms with Crippen LogP contribution in [-0.2, 0) is 9.59 Å². The number of carbonyl (C=O) groups is 2. The van der Waals surface area contributed by atoms with Crippen molar-refractivity contribution < 1.29 is 19.1 Å². The second-order valence-corrected chi connectivity index (χ2v) is 8.41. The topological polar surface area (TPSA) is 90.7 Å². The Labute approximate surface area is 180 Å². The maximum Gasteiger partial charge on any atom is 0.255 e. The Morgan fingerprint density at radius 2 is 1.87 bits per heavy atom. The van der Waals surface area contributed by atoms with Gasteiger partial charge in [-0.2, -0.15) is 0 Å². The number of primary amides is 1. The summed E-state index contributed by atoms with van der Waals surface area (Å²) in [5, 5.41) is 3.58. The second-order valence-electron chi connectivity index (χ2n) is 7.04. The van der Waals surface area contributed by atoms with E-state index in [0.717, 1.165) is 16.5 Å². The van der Waals surface area contributed by atoms with E-state index in [9.17, 15) is 9.59 Å². The summed E-state index contributed by atoms with van der Waals surface area (Å²) in [6.45, 7) is -0.230. The largest absolute Gasteiger partial charge is 0.493 e. The molecule has 1 fully saturated rings. The van der Waals surface area contributed by atoms with Crippen LogP contribution in [0.25, 0.3) is 6.08 Å². The first-order valence-electron chi connectivity index (χ1n) is 9.88. The van der Waals surface area contributed by atoms with Gasteiger partial charge in [-0.1, -0.05) is 18.9 Å². The fourth-order valence-corrected chi connectivity index (χ4v) is 4.47. The lowest BCUT2D eigenvalue weighted by Gasteiger charge is -2.10. The summed E-state index contributed by atoms with van der Waals surface area (Å²) in [6.07, 6.45) is 8.37. The number of anilines is 1. The van der Waals surface area contributed by atoms with Gasteiger partial charge >= 0.3 is 0 Å². The van der Waals surface area contributed by atoms with Crippen LogP contribution in [0.15, 0.2) is 53.4 Å². The van der Waals surface area contributed by atoms with Crippen molar-refractivity contribution in [2.24, 2.45) is 5.73 Å². The molecule has 2 aromatic rings. The van der Waals surface area contributed by atoms with E-state index in [1.54, 1.807) is 24.3 Å². The Morgan fingerprint density at radius 3 is 2.53 bits per heavy atom. The van der Waals surface area contributed by atoms with Gasteiger partial charge in [0, 0.05) is 21.9 Å². The van der Waals surface area contributed by atoms with E-state index in [1.807, 2.05) is 23.9 Å². The van der Waals surface area contributed by atoms with Crippen LogP contribution in [-0.4, -0.2) is 30.8 Å². The number of nitrogens with two attached hydrogens (primary N) is 1. The van der Waals surface area contributed by atoms with Gasteiger partial charge in [0.25, 0.3) is 5.91 Å². The summed E-state index contributed by atoms with van der Waals surface area (Å²) >= 11 is 1.92. The van der Waals surface area contributed by atoms with Crippen molar-refractivity contribution in [1.82, 2.24) is 0 Å². The molecule has 2 amide bonds. The molecule has 1 saturated carbocycles. The summed E-state index contributed by atoms with van der Waals surface area (Å²) in [5.74, 6) is 0.0738. The average molecular weight is 427 g/mol. The molecule has 0 heterocycles. The third-order valence-corrected chi connectivity index (χ3v) is 6.06. The number of amides is 2. The van der Waals surface area contributed by atoms with Crippen molar-refractivity contribution in [2.45, 2.75) is 35.8 Å². The van der Waals surface area contributed by atoms with Crippen molar-refractivity contribution >= 4 is 35.3 Å². The Bertz CT molecular complexity index is 906. The van der Waals surface area contributed by atoms with E-state index in [1.165, 1.54) is 43.8 Å². The van der Waals surface area contributed by atoms with Crippen LogP contribution in [0.1, 0.15) is 31.2 Å². The molecule has 0 spiro atoms. The molecule has 0 unspecified atom stereocenters. The second kappa shape index (κ2) is 10.7. The van der Waals surface area contributed by atoms with Crippen molar-refractivity contribution in [3.8, 4) is 11.5 Å². The predicted octanol–water partition coefficient (Wildman–Crippen LogP) is 4.25. The quantitative estimate of drug-likeness (QED) is 0.585. The third kappa shape index (κ3) is 6.56. The molecule has 2 aromatic carbocycles. The summed E-state index contributed by atoms with van der Waals surface area (Å²) in [6, 6.07) is 13.1. The van der Waals surface area contributed by atoms with Gasteiger partial charge in [-0.25, -0.2) is 0 Å². The smallest absolute Gasteiger partial charge is 0.255 e. The van der Waals surface area contributed by atoms with Crippen LogP contribution in [0.2, 0.25) is 0 Å². The molecule has 3 N–H and O–H groups in total. The van der Waals surface area contributed by atoms with Gasteiger partial charge in [-0.15, -0.1) is 11.8 Å². The zero-order valence-electron chi connectivity index (χ0n) is 16.9. The molecule has 3 rings (SSSR count). The number of benzene rings is 2. The minimum atomic E-state index is -0.567. The lowest BCUT2D eigenvalue weighted by Crippen LogP contribution is -2.20. The van der Waals surface area contributed by atoms with Gasteiger partial charge in [0.1, 0.15) is 0 Å². The molecular formula is C23H26N2O4S. The molecule has 30 heavy (non-hydrogen) atoms. The van der Waals surface area contributed by atoms with E-state index in [4.69, 9.17) is 15.2 Å². The Hall–Kier alpha value is -2.93. The highest BCUT2D eigenvalue weighted by Gasteiger charge is 2.15. The van der Waals surface area contributed by atoms with Crippen LogP contribution in [0.4, 0.5) is 5.69 Å². The maximum absolute atomic E-state index is 12.2. The standard InChI is InChI=1S/C23H26N2O4S/c1-28-21-14-16(6-12-20(21)29-15-22(24)26)7-13-23(27)25-17-8-10-19(11-9-17)30-18-4-2-3-5-18/h6-14,18H,2-5,15H2,1H3,(H2,24,26)(H,25,27)/b13-7+. The fourth-order valence-electron chi connectivity index (χ4n) is 3.23. The average Bonchev–Trinajstić information content (AvgIpc) is 3.25. The molecule has 0 aromatic heterocycles. The lowest BCUT2D eigenvalue weighted by atomic mass is 10.2. The first-order valence-corrected chi connectivity index (χ1v) is 10.8. The number of nitrogens with one attached hydrogen (secondary N) is 1. The van der Waals surface area contributed by atoms with E-state index >= 15 is 0 Å². The van der Waals surface area contributed by atoms with Gasteiger partial charge in [0.2, 0.25) is 5.91 Å². The van der Waals surface area contributed by atoms with Crippen molar-refractivity contribution in [3.05, 3.63) is 54.1 Å². The van der Waals surface area contributed by atoms with Gasteiger partial charge in [-0.05, 0) is 60.9 Å². The third-order valence-electron chi connectivity index (χ3n) is 4.71. The van der Waals surface area contributed by atoms with Crippen molar-refractivity contribution in [2.75, 3.05) is 19.0 Å². The summed E-state index contributed by atoms with van der Waals surface area (Å²) < 4.78 is 10.6. The Morgan fingerprint density at radius 1 is 1.13 bits per heavy atom. The number of rotatable bonds is 9. The number of hydrogen-bond acceptors (Lipinski definition) is 5. The Balaban J connectivity index is 1.55. The molecule has 0 bridgehead atoms. The van der Waals surface area contributed by atoms with E-state index < -0.39 is 5.91 Å². The predicted molar refractivity (Wildman–Crippen MR) is 120 cm³/mol. The van der Waals surface area contributed by atoms with E-state index in [2.05, 4.69) is 17.4 Å². The molecule has 1 aliphatic rings. The highest BCUT2D eigenvalue weighted by Crippen LogP contribution is 2.35. The lowest BCUT2D eigenvalue weighted by molar-refractivity contribution is -0.120. The monoisotopic (exact) mass is 426 g/mol. The minimum absolute atomic E-state index is 0.223. The summed E-state index contributed by atoms with van der Waals surface area (Å²) in [7, 11) is 1.50. The normalized spacial score (nSPS) is 14.0. The van der Waals surface area contributed by atoms with Crippen molar-refractivity contribution in [3.63, 3.8) is 0 Å². The fraction of sp³-hybridized carbons (Fsp3) is 0.304. The van der Waals surface area contributed by atoms with Crippen LogP contribution >= 0.6 is 11.8 Å². The molecule has 1 aliphatic carbocycles. The first kappa shape index (κ1) is 21.8. The molecule has 0 radical (unpaired) electrons. The number of ether oxygens (including phenoxy) is 2. The van der Waals surface area contributed by atoms with Gasteiger partial charge in [0.05, 0.1) is 7.11 Å². The molecular weight excluding hydrogens is 400 g/mol. The summed E-state index contributed by atoms with van der Waals surface area (Å²) in [4.78, 5) is 24.3. The Kier molecular flexibility index (Phi) is 7.79. The van der Waals surface area contributed by atoms with Gasteiger partial charge in [-0.3, -0.25) is 9.59 Å². The highest BCUT2D eigenvalue weighted by atomic mass is 32.2. The van der Waals surface area contributed by atoms with Gasteiger partial charge in [0.15, 0.2) is 18.1 Å². The number of hydrogen-bond donors (Lipinski definition) is 2. The van der Waals surface area contributed by atoms with Crippen LogP contribution in [0.3, 0.4) is 0 Å². The highest BCUT2D eigenvalue weighted by molar-refractivity contribution is 8.00. The van der Waals surface area contributed by atoms with Crippen LogP contribution in [0.5, 0.6) is 11.5 Å². The molecule has 0 saturated heterocycles.